The van der Waals surface area contributed by atoms with Gasteiger partial charge in [-0.2, -0.15) is 0 Å². The smallest absolute Gasteiger partial charge is 0.335 e. The Balaban J connectivity index is 2.16. The Morgan fingerprint density at radius 3 is 2.77 bits per heavy atom. The highest BCUT2D eigenvalue weighted by molar-refractivity contribution is 5.85. The fraction of sp³-hybridized carbons (Fsp3) is 0.700. The maximum absolute atomic E-state index is 10.7. The number of cyclic esters (lactones) is 1. The van der Waals surface area contributed by atoms with Crippen LogP contribution in [0.25, 0.3) is 0 Å². The molecule has 3 heteroatoms. The van der Waals surface area contributed by atoms with Crippen LogP contribution < -0.4 is 0 Å². The van der Waals surface area contributed by atoms with E-state index >= 15 is 0 Å². The normalized spacial score (nSPS) is 21.5. The number of hydrogen-bond donors (Lipinski definition) is 1. The monoisotopic (exact) mass is 184 g/mol. The van der Waals surface area contributed by atoms with E-state index in [2.05, 4.69) is 6.92 Å². The Bertz CT molecular complexity index is 208. The van der Waals surface area contributed by atoms with Crippen LogP contribution >= 0.6 is 0 Å². The van der Waals surface area contributed by atoms with Gasteiger partial charge in [-0.15, -0.1) is 0 Å². The molecule has 1 aliphatic heterocycles. The molecule has 0 amide bonds. The molecule has 1 rings (SSSR count). The summed E-state index contributed by atoms with van der Waals surface area (Å²) >= 11 is 0. The molecule has 3 nitrogen and oxygen atoms in total. The van der Waals surface area contributed by atoms with Crippen molar-refractivity contribution in [1.29, 1.82) is 0 Å². The third kappa shape index (κ3) is 3.09. The molecule has 0 aromatic rings. The molecule has 0 aromatic carbocycles. The number of ether oxygens (including phenoxy) is 1. The van der Waals surface area contributed by atoms with Gasteiger partial charge in [0.1, 0.15) is 5.76 Å². The maximum atomic E-state index is 10.7. The van der Waals surface area contributed by atoms with E-state index in [4.69, 9.17) is 4.74 Å². The summed E-state index contributed by atoms with van der Waals surface area (Å²) in [6.45, 7) is 2.15. The van der Waals surface area contributed by atoms with Gasteiger partial charge in [-0.25, -0.2) is 4.79 Å². The van der Waals surface area contributed by atoms with Crippen molar-refractivity contribution in [2.45, 2.75) is 45.1 Å². The van der Waals surface area contributed by atoms with Crippen molar-refractivity contribution in [1.82, 2.24) is 0 Å². The van der Waals surface area contributed by atoms with Crippen LogP contribution in [0.5, 0.6) is 0 Å². The molecule has 74 valence electrons. The second kappa shape index (κ2) is 4.90. The summed E-state index contributed by atoms with van der Waals surface area (Å²) in [6.07, 6.45) is 6.06. The van der Waals surface area contributed by atoms with Crippen molar-refractivity contribution in [3.8, 4) is 0 Å². The minimum Gasteiger partial charge on any atom is -0.508 e. The van der Waals surface area contributed by atoms with E-state index in [9.17, 15) is 9.90 Å². The Hall–Kier alpha value is -0.990. The van der Waals surface area contributed by atoms with E-state index in [1.807, 2.05) is 0 Å². The van der Waals surface area contributed by atoms with E-state index in [1.165, 1.54) is 12.8 Å². The number of rotatable bonds is 5. The van der Waals surface area contributed by atoms with E-state index in [0.717, 1.165) is 25.3 Å². The standard InChI is InChI=1S/C10H16O3/c1-2-3-4-5-6-9-8(11)7-10(12)13-9/h7,9,11H,2-6H2,1H3. The van der Waals surface area contributed by atoms with Crippen molar-refractivity contribution in [3.63, 3.8) is 0 Å². The molecule has 0 saturated carbocycles. The third-order valence-corrected chi connectivity index (χ3v) is 2.17. The molecule has 0 radical (unpaired) electrons. The van der Waals surface area contributed by atoms with Crippen LogP contribution in [0.1, 0.15) is 39.0 Å². The van der Waals surface area contributed by atoms with Gasteiger partial charge in [0.2, 0.25) is 0 Å². The molecule has 1 atom stereocenters. The molecule has 0 spiro atoms. The molecule has 1 N–H and O–H groups in total. The van der Waals surface area contributed by atoms with Gasteiger partial charge in [-0.05, 0) is 12.8 Å². The van der Waals surface area contributed by atoms with Crippen LogP contribution in [-0.2, 0) is 9.53 Å². The lowest BCUT2D eigenvalue weighted by Crippen LogP contribution is -2.11. The van der Waals surface area contributed by atoms with Crippen molar-refractivity contribution >= 4 is 5.97 Å². The number of aliphatic hydroxyl groups excluding tert-OH is 1. The minimum atomic E-state index is -0.419. The SMILES string of the molecule is CCCCCCC1OC(=O)C=C1O. The summed E-state index contributed by atoms with van der Waals surface area (Å²) < 4.78 is 4.87. The van der Waals surface area contributed by atoms with Gasteiger partial charge in [0.05, 0.1) is 6.08 Å². The van der Waals surface area contributed by atoms with Gasteiger partial charge in [0.25, 0.3) is 0 Å². The average molecular weight is 184 g/mol. The first-order chi connectivity index (χ1) is 6.24. The fourth-order valence-corrected chi connectivity index (χ4v) is 1.41. The van der Waals surface area contributed by atoms with E-state index in [0.29, 0.717) is 0 Å². The second-order valence-electron chi connectivity index (χ2n) is 3.34. The van der Waals surface area contributed by atoms with Crippen LogP contribution in [0.4, 0.5) is 0 Å². The van der Waals surface area contributed by atoms with Crippen LogP contribution in [0.3, 0.4) is 0 Å². The largest absolute Gasteiger partial charge is 0.508 e. The number of carbonyl (C=O) groups is 1. The number of esters is 1. The molecule has 1 heterocycles. The lowest BCUT2D eigenvalue weighted by Gasteiger charge is -2.09. The van der Waals surface area contributed by atoms with Crippen LogP contribution in [0.2, 0.25) is 0 Å². The molecule has 0 fully saturated rings. The first-order valence-electron chi connectivity index (χ1n) is 4.85. The highest BCUT2D eigenvalue weighted by Gasteiger charge is 2.24. The predicted molar refractivity (Wildman–Crippen MR) is 49.4 cm³/mol. The molecule has 0 saturated heterocycles. The van der Waals surface area contributed by atoms with Gasteiger partial charge in [-0.3, -0.25) is 0 Å². The minimum absolute atomic E-state index is 0.0847. The highest BCUT2D eigenvalue weighted by Crippen LogP contribution is 2.18. The summed E-state index contributed by atoms with van der Waals surface area (Å²) in [5.74, 6) is -0.334. The zero-order valence-electron chi connectivity index (χ0n) is 7.95. The number of aliphatic hydroxyl groups is 1. The van der Waals surface area contributed by atoms with E-state index in [1.54, 1.807) is 0 Å². The summed E-state index contributed by atoms with van der Waals surface area (Å²) in [5, 5.41) is 9.23. The summed E-state index contributed by atoms with van der Waals surface area (Å²) in [7, 11) is 0. The predicted octanol–water partition coefficient (Wildman–Crippen LogP) is 2.32. The Kier molecular flexibility index (Phi) is 3.80. The lowest BCUT2D eigenvalue weighted by atomic mass is 10.1. The Morgan fingerprint density at radius 2 is 2.23 bits per heavy atom. The quantitative estimate of drug-likeness (QED) is 0.527. The average Bonchev–Trinajstić information content (AvgIpc) is 2.39. The lowest BCUT2D eigenvalue weighted by molar-refractivity contribution is -0.139. The fourth-order valence-electron chi connectivity index (χ4n) is 1.41. The van der Waals surface area contributed by atoms with Gasteiger partial charge >= 0.3 is 5.97 Å². The van der Waals surface area contributed by atoms with Crippen molar-refractivity contribution in [2.24, 2.45) is 0 Å². The highest BCUT2D eigenvalue weighted by atomic mass is 16.6. The molecule has 13 heavy (non-hydrogen) atoms. The zero-order chi connectivity index (χ0) is 9.68. The van der Waals surface area contributed by atoms with Crippen molar-refractivity contribution in [2.75, 3.05) is 0 Å². The number of hydrogen-bond acceptors (Lipinski definition) is 3. The van der Waals surface area contributed by atoms with Gasteiger partial charge in [-0.1, -0.05) is 26.2 Å². The summed E-state index contributed by atoms with van der Waals surface area (Å²) in [5.41, 5.74) is 0. The molecular formula is C10H16O3. The maximum Gasteiger partial charge on any atom is 0.335 e. The molecule has 1 unspecified atom stereocenters. The molecule has 0 bridgehead atoms. The first kappa shape index (κ1) is 10.1. The Morgan fingerprint density at radius 1 is 1.46 bits per heavy atom. The topological polar surface area (TPSA) is 46.5 Å². The number of carbonyl (C=O) groups excluding carboxylic acids is 1. The molecule has 0 aliphatic carbocycles. The van der Waals surface area contributed by atoms with Crippen molar-refractivity contribution < 1.29 is 14.6 Å². The summed E-state index contributed by atoms with van der Waals surface area (Å²) in [6, 6.07) is 0. The van der Waals surface area contributed by atoms with Crippen LogP contribution in [0.15, 0.2) is 11.8 Å². The van der Waals surface area contributed by atoms with Crippen LogP contribution in [-0.4, -0.2) is 17.2 Å². The van der Waals surface area contributed by atoms with E-state index in [-0.39, 0.29) is 11.9 Å². The molecule has 0 aromatic heterocycles. The van der Waals surface area contributed by atoms with Crippen molar-refractivity contribution in [3.05, 3.63) is 11.8 Å². The Labute approximate surface area is 78.4 Å². The molecular weight excluding hydrogens is 168 g/mol. The van der Waals surface area contributed by atoms with Gasteiger partial charge < -0.3 is 9.84 Å². The second-order valence-corrected chi connectivity index (χ2v) is 3.34. The molecule has 1 aliphatic rings. The third-order valence-electron chi connectivity index (χ3n) is 2.17. The van der Waals surface area contributed by atoms with Gasteiger partial charge in [0, 0.05) is 0 Å². The zero-order valence-corrected chi connectivity index (χ0v) is 7.95. The first-order valence-corrected chi connectivity index (χ1v) is 4.85. The van der Waals surface area contributed by atoms with Crippen LogP contribution in [0, 0.1) is 0 Å². The summed E-state index contributed by atoms with van der Waals surface area (Å²) in [4.78, 5) is 10.7. The van der Waals surface area contributed by atoms with E-state index < -0.39 is 5.97 Å². The number of unbranched alkanes of at least 4 members (excludes halogenated alkanes) is 3. The van der Waals surface area contributed by atoms with Gasteiger partial charge in [0.15, 0.2) is 6.10 Å².